The highest BCUT2D eigenvalue weighted by Gasteiger charge is 2.36. The lowest BCUT2D eigenvalue weighted by Gasteiger charge is -2.42. The summed E-state index contributed by atoms with van der Waals surface area (Å²) < 4.78 is 30.0. The molecule has 0 saturated heterocycles. The van der Waals surface area contributed by atoms with Crippen molar-refractivity contribution in [3.63, 3.8) is 0 Å². The van der Waals surface area contributed by atoms with E-state index < -0.39 is 11.6 Å². The molecule has 34 heavy (non-hydrogen) atoms. The molecule has 2 aliphatic rings. The summed E-state index contributed by atoms with van der Waals surface area (Å²) in [4.78, 5) is 0. The van der Waals surface area contributed by atoms with E-state index in [1.807, 2.05) is 36.4 Å². The Labute approximate surface area is 204 Å². The van der Waals surface area contributed by atoms with Crippen LogP contribution >= 0.6 is 0 Å². The first-order valence-corrected chi connectivity index (χ1v) is 12.9. The first-order chi connectivity index (χ1) is 16.6. The van der Waals surface area contributed by atoms with Crippen LogP contribution in [-0.4, -0.2) is 0 Å². The molecule has 0 bridgehead atoms. The van der Waals surface area contributed by atoms with Gasteiger partial charge in [0.15, 0.2) is 11.6 Å². The van der Waals surface area contributed by atoms with Crippen LogP contribution in [-0.2, 0) is 6.42 Å². The van der Waals surface area contributed by atoms with E-state index in [9.17, 15) is 4.39 Å². The molecule has 4 rings (SSSR count). The Hall–Kier alpha value is -2.66. The van der Waals surface area contributed by atoms with Gasteiger partial charge in [0, 0.05) is 5.56 Å². The Bertz CT molecular complexity index is 1050. The number of hydrogen-bond acceptors (Lipinski definition) is 0. The van der Waals surface area contributed by atoms with E-state index in [1.165, 1.54) is 31.2 Å². The molecule has 0 heterocycles. The smallest absolute Gasteiger partial charge is 0.174 e. The fourth-order valence-corrected chi connectivity index (χ4v) is 6.02. The number of rotatable bonds is 7. The number of halogens is 2. The van der Waals surface area contributed by atoms with Crippen molar-refractivity contribution >= 4 is 0 Å². The molecule has 0 amide bonds. The average molecular weight is 459 g/mol. The van der Waals surface area contributed by atoms with Crippen LogP contribution < -0.4 is 0 Å². The van der Waals surface area contributed by atoms with Crippen molar-refractivity contribution in [2.24, 2.45) is 17.8 Å². The molecule has 0 aliphatic heterocycles. The van der Waals surface area contributed by atoms with Crippen LogP contribution in [0.4, 0.5) is 8.78 Å². The summed E-state index contributed by atoms with van der Waals surface area (Å²) >= 11 is 0. The van der Waals surface area contributed by atoms with Crippen molar-refractivity contribution in [3.8, 4) is 11.8 Å². The maximum Gasteiger partial charge on any atom is 0.174 e. The Morgan fingerprint density at radius 1 is 0.794 bits per heavy atom. The van der Waals surface area contributed by atoms with E-state index in [1.54, 1.807) is 12.1 Å². The maximum absolute atomic E-state index is 15.1. The molecule has 0 nitrogen and oxygen atoms in total. The molecule has 2 fully saturated rings. The maximum atomic E-state index is 15.1. The molecular formula is C32H36F2. The van der Waals surface area contributed by atoms with Crippen molar-refractivity contribution in [1.82, 2.24) is 0 Å². The number of hydrogen-bond donors (Lipinski definition) is 0. The topological polar surface area (TPSA) is 0 Å². The van der Waals surface area contributed by atoms with Gasteiger partial charge >= 0.3 is 0 Å². The number of allylic oxidation sites excluding steroid dienone is 2. The molecule has 0 N–H and O–H groups in total. The first kappa shape index (κ1) is 24.5. The lowest BCUT2D eigenvalue weighted by molar-refractivity contribution is 0.114. The van der Waals surface area contributed by atoms with Crippen molar-refractivity contribution < 1.29 is 8.78 Å². The molecule has 0 radical (unpaired) electrons. The largest absolute Gasteiger partial charge is 0.203 e. The standard InChI is InChI=1S/C32H36F2/c1-3-5-7-23-9-11-24(12-10-23)13-15-26-19-20-30(32(34)31(26)33)29-18-17-27-21-25(8-6-4-2)14-16-28(27)22-29/h3-4,9-12,19-20,25,27-29H,1-2,5-8,14,16-18,21-22H2. The highest BCUT2D eigenvalue weighted by Crippen LogP contribution is 2.48. The van der Waals surface area contributed by atoms with Gasteiger partial charge in [-0.2, -0.15) is 0 Å². The molecule has 178 valence electrons. The Balaban J connectivity index is 1.41. The van der Waals surface area contributed by atoms with Crippen LogP contribution in [0.2, 0.25) is 0 Å². The summed E-state index contributed by atoms with van der Waals surface area (Å²) in [5, 5.41) is 0. The van der Waals surface area contributed by atoms with Crippen LogP contribution in [0.15, 0.2) is 61.7 Å². The predicted octanol–water partition coefficient (Wildman–Crippen LogP) is 8.75. The van der Waals surface area contributed by atoms with E-state index in [2.05, 4.69) is 25.0 Å². The van der Waals surface area contributed by atoms with E-state index >= 15 is 4.39 Å². The van der Waals surface area contributed by atoms with E-state index in [0.29, 0.717) is 11.5 Å². The highest BCUT2D eigenvalue weighted by molar-refractivity contribution is 5.45. The molecule has 4 atom stereocenters. The predicted molar refractivity (Wildman–Crippen MR) is 138 cm³/mol. The van der Waals surface area contributed by atoms with Gasteiger partial charge in [0.05, 0.1) is 5.56 Å². The first-order valence-electron chi connectivity index (χ1n) is 12.9. The molecular weight excluding hydrogens is 422 g/mol. The minimum absolute atomic E-state index is 0.116. The Morgan fingerprint density at radius 3 is 2.29 bits per heavy atom. The quantitative estimate of drug-likeness (QED) is 0.287. The van der Waals surface area contributed by atoms with E-state index in [0.717, 1.165) is 55.9 Å². The number of fused-ring (bicyclic) bond motifs is 1. The van der Waals surface area contributed by atoms with Crippen LogP contribution in [0.5, 0.6) is 0 Å². The van der Waals surface area contributed by atoms with Crippen LogP contribution in [0.25, 0.3) is 0 Å². The van der Waals surface area contributed by atoms with Gasteiger partial charge in [0.25, 0.3) is 0 Å². The number of benzene rings is 2. The summed E-state index contributed by atoms with van der Waals surface area (Å²) in [5.41, 5.74) is 2.69. The van der Waals surface area contributed by atoms with Gasteiger partial charge in [-0.25, -0.2) is 8.78 Å². The van der Waals surface area contributed by atoms with Gasteiger partial charge < -0.3 is 0 Å². The fourth-order valence-electron chi connectivity index (χ4n) is 6.02. The third kappa shape index (κ3) is 5.87. The SMILES string of the molecule is C=CCCc1ccc(C#Cc2ccc(C3CCC4CC(CCC=C)CCC4C3)c(F)c2F)cc1. The molecule has 2 aromatic rings. The van der Waals surface area contributed by atoms with Crippen molar-refractivity contribution in [2.75, 3.05) is 0 Å². The van der Waals surface area contributed by atoms with Gasteiger partial charge in [0.2, 0.25) is 0 Å². The summed E-state index contributed by atoms with van der Waals surface area (Å²) in [5.74, 6) is 6.65. The van der Waals surface area contributed by atoms with Gasteiger partial charge in [-0.05, 0) is 111 Å². The lowest BCUT2D eigenvalue weighted by atomic mass is 9.63. The average Bonchev–Trinajstić information content (AvgIpc) is 2.87. The third-order valence-electron chi connectivity index (χ3n) is 7.99. The summed E-state index contributed by atoms with van der Waals surface area (Å²) in [6.45, 7) is 7.60. The monoisotopic (exact) mass is 458 g/mol. The zero-order chi connectivity index (χ0) is 23.9. The van der Waals surface area contributed by atoms with Crippen LogP contribution in [0.1, 0.15) is 86.0 Å². The minimum atomic E-state index is -0.803. The van der Waals surface area contributed by atoms with Crippen molar-refractivity contribution in [1.29, 1.82) is 0 Å². The summed E-state index contributed by atoms with van der Waals surface area (Å²) in [6, 6.07) is 11.4. The molecule has 4 unspecified atom stereocenters. The zero-order valence-corrected chi connectivity index (χ0v) is 20.2. The van der Waals surface area contributed by atoms with Crippen molar-refractivity contribution in [2.45, 2.75) is 70.1 Å². The third-order valence-corrected chi connectivity index (χ3v) is 7.99. The molecule has 2 aliphatic carbocycles. The second-order valence-electron chi connectivity index (χ2n) is 10.2. The van der Waals surface area contributed by atoms with Crippen molar-refractivity contribution in [3.05, 3.63) is 95.6 Å². The molecule has 0 aromatic heterocycles. The van der Waals surface area contributed by atoms with Gasteiger partial charge in [-0.15, -0.1) is 13.2 Å². The molecule has 0 spiro atoms. The zero-order valence-electron chi connectivity index (χ0n) is 20.2. The minimum Gasteiger partial charge on any atom is -0.203 e. The second kappa shape index (κ2) is 11.7. The molecule has 2 aromatic carbocycles. The lowest BCUT2D eigenvalue weighted by Crippen LogP contribution is -2.30. The molecule has 2 heteroatoms. The summed E-state index contributed by atoms with van der Waals surface area (Å²) in [6.07, 6.45) is 15.0. The van der Waals surface area contributed by atoms with Crippen LogP contribution in [0, 0.1) is 41.2 Å². The van der Waals surface area contributed by atoms with Gasteiger partial charge in [-0.3, -0.25) is 0 Å². The molecule has 2 saturated carbocycles. The normalized spacial score (nSPS) is 23.9. The van der Waals surface area contributed by atoms with Gasteiger partial charge in [-0.1, -0.05) is 48.6 Å². The van der Waals surface area contributed by atoms with E-state index in [-0.39, 0.29) is 11.5 Å². The Morgan fingerprint density at radius 2 is 1.53 bits per heavy atom. The van der Waals surface area contributed by atoms with Crippen LogP contribution in [0.3, 0.4) is 0 Å². The van der Waals surface area contributed by atoms with Gasteiger partial charge in [0.1, 0.15) is 0 Å². The van der Waals surface area contributed by atoms with E-state index in [4.69, 9.17) is 0 Å². The fraction of sp³-hybridized carbons (Fsp3) is 0.438. The Kier molecular flexibility index (Phi) is 8.39. The second-order valence-corrected chi connectivity index (χ2v) is 10.2. The summed E-state index contributed by atoms with van der Waals surface area (Å²) in [7, 11) is 0. The highest BCUT2D eigenvalue weighted by atomic mass is 19.2. The number of aryl methyl sites for hydroxylation is 1.